The van der Waals surface area contributed by atoms with Crippen molar-refractivity contribution in [1.29, 1.82) is 0 Å². The van der Waals surface area contributed by atoms with E-state index in [0.29, 0.717) is 6.54 Å². The van der Waals surface area contributed by atoms with E-state index in [1.807, 2.05) is 30.3 Å². The number of unbranched alkanes of at least 4 members (excludes halogenated alkanes) is 1. The Labute approximate surface area is 173 Å². The van der Waals surface area contributed by atoms with Crippen molar-refractivity contribution in [1.82, 2.24) is 15.6 Å². The zero-order chi connectivity index (χ0) is 17.7. The van der Waals surface area contributed by atoms with E-state index in [-0.39, 0.29) is 24.0 Å². The molecule has 0 saturated heterocycles. The van der Waals surface area contributed by atoms with Crippen LogP contribution in [0.15, 0.2) is 53.7 Å². The molecule has 0 atom stereocenters. The molecular weight excluding hydrogens is 439 g/mol. The Bertz CT molecular complexity index is 632. The van der Waals surface area contributed by atoms with Gasteiger partial charge in [-0.25, -0.2) is 4.99 Å². The van der Waals surface area contributed by atoms with Crippen molar-refractivity contribution < 1.29 is 4.74 Å². The third kappa shape index (κ3) is 9.03. The normalized spacial score (nSPS) is 10.8. The average molecular weight is 468 g/mol. The Hall–Kier alpha value is -1.83. The van der Waals surface area contributed by atoms with Crippen molar-refractivity contribution in [3.05, 3.63) is 59.9 Å². The molecule has 0 aliphatic rings. The van der Waals surface area contributed by atoms with Gasteiger partial charge in [-0.15, -0.1) is 24.0 Å². The molecule has 1 aromatic carbocycles. The summed E-state index contributed by atoms with van der Waals surface area (Å²) in [4.78, 5) is 8.84. The highest BCUT2D eigenvalue weighted by atomic mass is 127. The maximum atomic E-state index is 5.74. The fraction of sp³-hybridized carbons (Fsp3) is 0.400. The van der Waals surface area contributed by atoms with Crippen LogP contribution in [0.5, 0.6) is 5.75 Å². The summed E-state index contributed by atoms with van der Waals surface area (Å²) in [6, 6.07) is 14.0. The first-order chi connectivity index (χ1) is 12.3. The quantitative estimate of drug-likeness (QED) is 0.254. The highest BCUT2D eigenvalue weighted by molar-refractivity contribution is 14.0. The zero-order valence-electron chi connectivity index (χ0n) is 15.6. The van der Waals surface area contributed by atoms with E-state index < -0.39 is 0 Å². The van der Waals surface area contributed by atoms with Gasteiger partial charge in [0.1, 0.15) is 5.75 Å². The Balaban J connectivity index is 0.00000338. The van der Waals surface area contributed by atoms with Gasteiger partial charge >= 0.3 is 0 Å². The summed E-state index contributed by atoms with van der Waals surface area (Å²) in [5.41, 5.74) is 2.21. The highest BCUT2D eigenvalue weighted by Gasteiger charge is 1.98. The average Bonchev–Trinajstić information content (AvgIpc) is 2.64. The number of aliphatic imine (C=N–C) groups is 1. The Morgan fingerprint density at radius 1 is 1.08 bits per heavy atom. The maximum absolute atomic E-state index is 5.74. The molecule has 142 valence electrons. The largest absolute Gasteiger partial charge is 0.494 e. The van der Waals surface area contributed by atoms with Crippen molar-refractivity contribution in [3.8, 4) is 5.75 Å². The van der Waals surface area contributed by atoms with E-state index in [9.17, 15) is 0 Å². The zero-order valence-corrected chi connectivity index (χ0v) is 17.9. The fourth-order valence-electron chi connectivity index (χ4n) is 2.25. The molecule has 0 aliphatic carbocycles. The number of aromatic nitrogens is 1. The molecule has 1 heterocycles. The van der Waals surface area contributed by atoms with Crippen LogP contribution in [-0.4, -0.2) is 30.6 Å². The van der Waals surface area contributed by atoms with Gasteiger partial charge in [0, 0.05) is 19.3 Å². The number of halogens is 1. The molecule has 26 heavy (non-hydrogen) atoms. The fourth-order valence-corrected chi connectivity index (χ4v) is 2.25. The van der Waals surface area contributed by atoms with E-state index in [1.165, 1.54) is 5.56 Å². The molecular formula is C20H29IN4O. The summed E-state index contributed by atoms with van der Waals surface area (Å²) in [6.07, 6.45) is 3.82. The van der Waals surface area contributed by atoms with Gasteiger partial charge in [-0.2, -0.15) is 0 Å². The smallest absolute Gasteiger partial charge is 0.191 e. The van der Waals surface area contributed by atoms with Crippen molar-refractivity contribution in [2.45, 2.75) is 33.2 Å². The topological polar surface area (TPSA) is 58.5 Å². The van der Waals surface area contributed by atoms with Gasteiger partial charge in [0.2, 0.25) is 0 Å². The van der Waals surface area contributed by atoms with Gasteiger partial charge in [0.25, 0.3) is 0 Å². The van der Waals surface area contributed by atoms with Gasteiger partial charge in [0.15, 0.2) is 5.96 Å². The SMILES string of the molecule is CCNC(=NCc1ccccn1)NCCCCOc1ccc(C)cc1.I. The molecule has 0 amide bonds. The number of hydrogen-bond acceptors (Lipinski definition) is 3. The second-order valence-electron chi connectivity index (χ2n) is 5.81. The maximum Gasteiger partial charge on any atom is 0.191 e. The molecule has 1 aromatic heterocycles. The standard InChI is InChI=1S/C20H28N4O.HI/c1-3-21-20(24-16-18-8-4-5-13-22-18)23-14-6-7-15-25-19-11-9-17(2)10-12-19;/h4-5,8-13H,3,6-7,14-16H2,1-2H3,(H2,21,23,24);1H. The van der Waals surface area contributed by atoms with Crippen LogP contribution < -0.4 is 15.4 Å². The summed E-state index contributed by atoms with van der Waals surface area (Å²) in [6.45, 7) is 7.15. The summed E-state index contributed by atoms with van der Waals surface area (Å²) < 4.78 is 5.74. The number of rotatable bonds is 9. The number of benzene rings is 1. The lowest BCUT2D eigenvalue weighted by Gasteiger charge is -2.11. The van der Waals surface area contributed by atoms with Crippen LogP contribution >= 0.6 is 24.0 Å². The molecule has 0 aliphatic heterocycles. The minimum absolute atomic E-state index is 0. The molecule has 5 nitrogen and oxygen atoms in total. The number of hydrogen-bond donors (Lipinski definition) is 2. The second kappa shape index (κ2) is 13.4. The Morgan fingerprint density at radius 2 is 1.88 bits per heavy atom. The van der Waals surface area contributed by atoms with Gasteiger partial charge in [-0.05, 0) is 51.0 Å². The Morgan fingerprint density at radius 3 is 2.58 bits per heavy atom. The van der Waals surface area contributed by atoms with Crippen LogP contribution in [0.1, 0.15) is 31.0 Å². The molecule has 6 heteroatoms. The minimum atomic E-state index is 0. The molecule has 0 bridgehead atoms. The predicted octanol–water partition coefficient (Wildman–Crippen LogP) is 3.92. The number of guanidine groups is 1. The summed E-state index contributed by atoms with van der Waals surface area (Å²) in [7, 11) is 0. The number of nitrogens with zero attached hydrogens (tertiary/aromatic N) is 2. The molecule has 0 radical (unpaired) electrons. The molecule has 2 aromatic rings. The van der Waals surface area contributed by atoms with Crippen molar-refractivity contribution in [3.63, 3.8) is 0 Å². The third-order valence-electron chi connectivity index (χ3n) is 3.62. The number of aryl methyl sites for hydroxylation is 1. The van der Waals surface area contributed by atoms with Crippen LogP contribution in [-0.2, 0) is 6.54 Å². The lowest BCUT2D eigenvalue weighted by Crippen LogP contribution is -2.37. The molecule has 2 rings (SSSR count). The second-order valence-corrected chi connectivity index (χ2v) is 5.81. The third-order valence-corrected chi connectivity index (χ3v) is 3.62. The van der Waals surface area contributed by atoms with Crippen LogP contribution in [0.25, 0.3) is 0 Å². The van der Waals surface area contributed by atoms with Gasteiger partial charge < -0.3 is 15.4 Å². The predicted molar refractivity (Wildman–Crippen MR) is 118 cm³/mol. The first-order valence-electron chi connectivity index (χ1n) is 8.89. The van der Waals surface area contributed by atoms with Crippen LogP contribution in [0, 0.1) is 6.92 Å². The van der Waals surface area contributed by atoms with Crippen molar-refractivity contribution >= 4 is 29.9 Å². The van der Waals surface area contributed by atoms with E-state index in [4.69, 9.17) is 4.74 Å². The summed E-state index contributed by atoms with van der Waals surface area (Å²) in [5, 5.41) is 6.61. The van der Waals surface area contributed by atoms with Gasteiger partial charge in [-0.3, -0.25) is 4.98 Å². The lowest BCUT2D eigenvalue weighted by atomic mass is 10.2. The first-order valence-corrected chi connectivity index (χ1v) is 8.89. The van der Waals surface area contributed by atoms with E-state index in [2.05, 4.69) is 46.6 Å². The molecule has 0 spiro atoms. The van der Waals surface area contributed by atoms with Crippen molar-refractivity contribution in [2.75, 3.05) is 19.7 Å². The first kappa shape index (κ1) is 22.2. The monoisotopic (exact) mass is 468 g/mol. The molecule has 0 fully saturated rings. The summed E-state index contributed by atoms with van der Waals surface area (Å²) in [5.74, 6) is 1.76. The number of pyridine rings is 1. The van der Waals surface area contributed by atoms with Gasteiger partial charge in [0.05, 0.1) is 18.8 Å². The highest BCUT2D eigenvalue weighted by Crippen LogP contribution is 2.11. The lowest BCUT2D eigenvalue weighted by molar-refractivity contribution is 0.307. The molecule has 2 N–H and O–H groups in total. The Kier molecular flexibility index (Phi) is 11.4. The number of nitrogens with one attached hydrogen (secondary N) is 2. The molecule has 0 saturated carbocycles. The molecule has 0 unspecified atom stereocenters. The van der Waals surface area contributed by atoms with Crippen LogP contribution in [0.3, 0.4) is 0 Å². The van der Waals surface area contributed by atoms with Crippen LogP contribution in [0.4, 0.5) is 0 Å². The van der Waals surface area contributed by atoms with E-state index in [0.717, 1.165) is 49.9 Å². The van der Waals surface area contributed by atoms with Crippen LogP contribution in [0.2, 0.25) is 0 Å². The van der Waals surface area contributed by atoms with E-state index >= 15 is 0 Å². The minimum Gasteiger partial charge on any atom is -0.494 e. The summed E-state index contributed by atoms with van der Waals surface area (Å²) >= 11 is 0. The number of ether oxygens (including phenoxy) is 1. The van der Waals surface area contributed by atoms with E-state index in [1.54, 1.807) is 6.20 Å². The van der Waals surface area contributed by atoms with Crippen molar-refractivity contribution in [2.24, 2.45) is 4.99 Å². The van der Waals surface area contributed by atoms with Gasteiger partial charge in [-0.1, -0.05) is 23.8 Å².